The summed E-state index contributed by atoms with van der Waals surface area (Å²) in [5.74, 6) is -0.235. The van der Waals surface area contributed by atoms with Crippen molar-refractivity contribution >= 4 is 28.7 Å². The van der Waals surface area contributed by atoms with E-state index in [1.54, 1.807) is 12.1 Å². The number of ether oxygens (including phenoxy) is 3. The highest BCUT2D eigenvalue weighted by Gasteiger charge is 2.64. The second-order valence-electron chi connectivity index (χ2n) is 16.8. The third kappa shape index (κ3) is 5.70. The van der Waals surface area contributed by atoms with Gasteiger partial charge in [-0.15, -0.1) is 0 Å². The molecule has 6 rings (SSSR count). The number of hydrogen-bond acceptors (Lipinski definition) is 7. The van der Waals surface area contributed by atoms with Crippen molar-refractivity contribution in [2.45, 2.75) is 130 Å². The van der Waals surface area contributed by atoms with Gasteiger partial charge in [0, 0.05) is 17.3 Å². The van der Waals surface area contributed by atoms with Gasteiger partial charge in [0.1, 0.15) is 23.6 Å². The number of benzene rings is 2. The molecule has 7 heteroatoms. The van der Waals surface area contributed by atoms with Crippen LogP contribution < -0.4 is 0 Å². The number of carbonyl (C=O) groups excluding carboxylic acids is 3. The van der Waals surface area contributed by atoms with E-state index < -0.39 is 22.5 Å². The van der Waals surface area contributed by atoms with E-state index in [0.29, 0.717) is 6.42 Å². The van der Waals surface area contributed by atoms with Crippen LogP contribution in [0.4, 0.5) is 0 Å². The number of esters is 3. The number of hydrogen-bond donors (Lipinski definition) is 1. The molecule has 1 heterocycles. The fourth-order valence-electron chi connectivity index (χ4n) is 9.42. The summed E-state index contributed by atoms with van der Waals surface area (Å²) in [5.41, 5.74) is -1.61. The van der Waals surface area contributed by atoms with Gasteiger partial charge in [-0.1, -0.05) is 52.0 Å². The van der Waals surface area contributed by atoms with Crippen molar-refractivity contribution < 1.29 is 33.7 Å². The highest BCUT2D eigenvalue weighted by molar-refractivity contribution is 5.85. The van der Waals surface area contributed by atoms with Crippen LogP contribution >= 0.6 is 0 Å². The number of fused-ring (bicyclic) bond motifs is 2. The van der Waals surface area contributed by atoms with Crippen molar-refractivity contribution in [2.24, 2.45) is 34.0 Å². The quantitative estimate of drug-likeness (QED) is 0.208. The van der Waals surface area contributed by atoms with Gasteiger partial charge in [0.15, 0.2) is 0 Å². The van der Waals surface area contributed by atoms with Gasteiger partial charge in [-0.3, -0.25) is 14.4 Å². The Kier molecular flexibility index (Phi) is 8.25. The molecule has 7 nitrogen and oxygen atoms in total. The van der Waals surface area contributed by atoms with Crippen molar-refractivity contribution in [1.82, 2.24) is 0 Å². The molecule has 0 radical (unpaired) electrons. The van der Waals surface area contributed by atoms with E-state index in [1.807, 2.05) is 32.9 Å². The third-order valence-electron chi connectivity index (χ3n) is 12.1. The van der Waals surface area contributed by atoms with Crippen LogP contribution in [0.25, 0.3) is 10.8 Å². The van der Waals surface area contributed by atoms with E-state index in [2.05, 4.69) is 39.8 Å². The number of carbonyl (C=O) groups is 3. The standard InChI is InChI=1S/C39H52O7/c1-8-23(24-11-12-26-18-28(40)14-13-25(26)17-24)21-38(7,35(43)46-39(36(2,3)4)15-9-10-16-39)22-37(5,6)34(42)45-31-27-19-29-30(20-27)33(41)44-32(29)31/h11-14,17-18,23,27,29-32,40H,8-10,15-16,19-22H2,1-7H3. The van der Waals surface area contributed by atoms with Crippen LogP contribution in [0.1, 0.15) is 118 Å². The summed E-state index contributed by atoms with van der Waals surface area (Å²) in [7, 11) is 0. The number of phenols is 1. The van der Waals surface area contributed by atoms with E-state index >= 15 is 0 Å². The van der Waals surface area contributed by atoms with E-state index in [1.165, 1.54) is 0 Å². The maximum absolute atomic E-state index is 14.6. The summed E-state index contributed by atoms with van der Waals surface area (Å²) in [4.78, 5) is 41.0. The van der Waals surface area contributed by atoms with Crippen molar-refractivity contribution in [3.05, 3.63) is 42.0 Å². The Hall–Kier alpha value is -3.09. The van der Waals surface area contributed by atoms with E-state index in [9.17, 15) is 19.5 Å². The van der Waals surface area contributed by atoms with Crippen LogP contribution in [0.3, 0.4) is 0 Å². The first kappa shape index (κ1) is 32.8. The number of aromatic hydroxyl groups is 1. The Morgan fingerprint density at radius 3 is 2.33 bits per heavy atom. The summed E-state index contributed by atoms with van der Waals surface area (Å²) < 4.78 is 18.5. The molecule has 2 bridgehead atoms. The zero-order valence-corrected chi connectivity index (χ0v) is 28.7. The summed E-state index contributed by atoms with van der Waals surface area (Å²) in [6.45, 7) is 14.3. The van der Waals surface area contributed by atoms with Crippen molar-refractivity contribution in [3.63, 3.8) is 0 Å². The molecule has 46 heavy (non-hydrogen) atoms. The lowest BCUT2D eigenvalue weighted by atomic mass is 9.67. The van der Waals surface area contributed by atoms with Crippen molar-refractivity contribution in [1.29, 1.82) is 0 Å². The molecule has 3 aliphatic carbocycles. The Balaban J connectivity index is 1.28. The second-order valence-corrected chi connectivity index (χ2v) is 16.8. The predicted molar refractivity (Wildman–Crippen MR) is 176 cm³/mol. The summed E-state index contributed by atoms with van der Waals surface area (Å²) in [6.07, 6.45) is 6.14. The zero-order valence-electron chi connectivity index (χ0n) is 28.7. The normalized spacial score (nSPS) is 28.6. The van der Waals surface area contributed by atoms with Crippen LogP contribution in [-0.2, 0) is 28.6 Å². The molecule has 7 atom stereocenters. The molecular weight excluding hydrogens is 580 g/mol. The topological polar surface area (TPSA) is 99.1 Å². The smallest absolute Gasteiger partial charge is 0.312 e. The first-order valence-corrected chi connectivity index (χ1v) is 17.4. The van der Waals surface area contributed by atoms with E-state index in [-0.39, 0.29) is 65.3 Å². The molecule has 1 N–H and O–H groups in total. The summed E-state index contributed by atoms with van der Waals surface area (Å²) in [5, 5.41) is 12.0. The number of rotatable bonds is 10. The molecular formula is C39H52O7. The molecule has 4 aliphatic rings. The number of phenolic OH excluding ortho intramolecular Hbond substituents is 1. The molecule has 1 saturated heterocycles. The minimum absolute atomic E-state index is 0.0390. The highest BCUT2D eigenvalue weighted by atomic mass is 16.6. The summed E-state index contributed by atoms with van der Waals surface area (Å²) >= 11 is 0. The van der Waals surface area contributed by atoms with Crippen LogP contribution in [-0.4, -0.2) is 40.8 Å². The first-order valence-electron chi connectivity index (χ1n) is 17.4. The molecule has 2 aromatic rings. The van der Waals surface area contributed by atoms with Crippen LogP contribution in [0, 0.1) is 34.0 Å². The van der Waals surface area contributed by atoms with E-state index in [0.717, 1.165) is 61.3 Å². The Labute approximate surface area is 273 Å². The molecule has 7 unspecified atom stereocenters. The molecule has 0 amide bonds. The minimum atomic E-state index is -0.985. The predicted octanol–water partition coefficient (Wildman–Crippen LogP) is 8.25. The molecule has 4 fully saturated rings. The molecule has 250 valence electrons. The lowest BCUT2D eigenvalue weighted by Gasteiger charge is -2.45. The van der Waals surface area contributed by atoms with Gasteiger partial charge < -0.3 is 19.3 Å². The van der Waals surface area contributed by atoms with Gasteiger partial charge in [-0.2, -0.15) is 0 Å². The lowest BCUT2D eigenvalue weighted by molar-refractivity contribution is -0.189. The van der Waals surface area contributed by atoms with Crippen LogP contribution in [0.15, 0.2) is 36.4 Å². The maximum Gasteiger partial charge on any atom is 0.312 e. The Morgan fingerprint density at radius 1 is 0.978 bits per heavy atom. The zero-order chi connectivity index (χ0) is 33.2. The van der Waals surface area contributed by atoms with Gasteiger partial charge in [0.2, 0.25) is 0 Å². The van der Waals surface area contributed by atoms with Crippen molar-refractivity contribution in [2.75, 3.05) is 0 Å². The lowest BCUT2D eigenvalue weighted by Crippen LogP contribution is -2.49. The largest absolute Gasteiger partial charge is 0.508 e. The first-order chi connectivity index (χ1) is 21.6. The monoisotopic (exact) mass is 632 g/mol. The molecule has 3 saturated carbocycles. The van der Waals surface area contributed by atoms with Gasteiger partial charge in [0.25, 0.3) is 0 Å². The summed E-state index contributed by atoms with van der Waals surface area (Å²) in [6, 6.07) is 11.6. The fraction of sp³-hybridized carbons (Fsp3) is 0.667. The van der Waals surface area contributed by atoms with E-state index in [4.69, 9.17) is 14.2 Å². The van der Waals surface area contributed by atoms with Gasteiger partial charge in [-0.25, -0.2) is 0 Å². The molecule has 0 spiro atoms. The maximum atomic E-state index is 14.6. The molecule has 2 aromatic carbocycles. The fourth-order valence-corrected chi connectivity index (χ4v) is 9.42. The minimum Gasteiger partial charge on any atom is -0.508 e. The Morgan fingerprint density at radius 2 is 1.65 bits per heavy atom. The molecule has 0 aromatic heterocycles. The van der Waals surface area contributed by atoms with Gasteiger partial charge in [0.05, 0.1) is 16.7 Å². The third-order valence-corrected chi connectivity index (χ3v) is 12.1. The second kappa shape index (κ2) is 11.6. The highest BCUT2D eigenvalue weighted by Crippen LogP contribution is 2.56. The van der Waals surface area contributed by atoms with Gasteiger partial charge in [-0.05, 0) is 113 Å². The van der Waals surface area contributed by atoms with Crippen LogP contribution in [0.2, 0.25) is 0 Å². The van der Waals surface area contributed by atoms with Crippen molar-refractivity contribution in [3.8, 4) is 5.75 Å². The van der Waals surface area contributed by atoms with Gasteiger partial charge >= 0.3 is 17.9 Å². The molecule has 1 aliphatic heterocycles. The SMILES string of the molecule is CCC(CC(C)(CC(C)(C)C(=O)OC1C2CC3C(=O)OC1C3C2)C(=O)OC1(C(C)(C)C)CCCC1)c1ccc2cc(O)ccc2c1. The van der Waals surface area contributed by atoms with Crippen LogP contribution in [0.5, 0.6) is 5.75 Å². The average molecular weight is 633 g/mol. The average Bonchev–Trinajstić information content (AvgIpc) is 3.75. The Bertz CT molecular complexity index is 1510.